The van der Waals surface area contributed by atoms with Crippen LogP contribution in [0.4, 0.5) is 0 Å². The monoisotopic (exact) mass is 1170 g/mol. The van der Waals surface area contributed by atoms with Crippen molar-refractivity contribution < 1.29 is 50.3 Å². The van der Waals surface area contributed by atoms with Crippen molar-refractivity contribution in [3.63, 3.8) is 0 Å². The predicted molar refractivity (Wildman–Crippen MR) is 304 cm³/mol. The molecule has 0 aromatic rings. The molecule has 0 aliphatic carbocycles. The molecule has 75 heavy (non-hydrogen) atoms. The summed E-state index contributed by atoms with van der Waals surface area (Å²) < 4.78 is 0. The van der Waals surface area contributed by atoms with Gasteiger partial charge in [-0.15, -0.1) is 58.4 Å². The number of nitrogens with zero attached hydrogens (tertiary/aromatic N) is 14. The third-order valence-electron chi connectivity index (χ3n) is 16.9. The molecule has 0 aromatic heterocycles. The Bertz CT molecular complexity index is 1230. The van der Waals surface area contributed by atoms with Crippen LogP contribution in [0.15, 0.2) is 11.6 Å². The molecule has 15 unspecified atom stereocenters. The first-order valence-electron chi connectivity index (χ1n) is 29.5. The minimum absolute atomic E-state index is 0. The molecule has 0 aromatic carbocycles. The summed E-state index contributed by atoms with van der Waals surface area (Å²) >= 11 is 0. The molecule has 445 valence electrons. The first-order valence-corrected chi connectivity index (χ1v) is 29.5. The van der Waals surface area contributed by atoms with E-state index in [1.165, 1.54) is 134 Å². The Balaban J connectivity index is 0.000000939. The standard InChI is InChI=1S/3C14H26N3.C14H24N3.2CN.3Co/c4*1-3-11-5-7-15-13(9-11)17-14-10-12(4-2)6-8-16-14;2*1-2;;;/h3*11-14H,3-10H2,1-2H3;9,12-14H,3-8,10H2,1-2H3;;;;;/q4*-3;2*-1;;;. The molecular weight excluding hydrogens is 1070 g/mol. The fourth-order valence-electron chi connectivity index (χ4n) is 11.5. The molecule has 7 saturated heterocycles. The van der Waals surface area contributed by atoms with Crippen LogP contribution in [0, 0.1) is 65.1 Å². The zero-order valence-corrected chi connectivity index (χ0v) is 51.0. The molecule has 7 fully saturated rings. The second-order valence-corrected chi connectivity index (χ2v) is 21.6. The van der Waals surface area contributed by atoms with E-state index in [9.17, 15) is 0 Å². The zero-order chi connectivity index (χ0) is 52.4. The van der Waals surface area contributed by atoms with E-state index in [1.807, 2.05) is 0 Å². The van der Waals surface area contributed by atoms with Gasteiger partial charge in [-0.25, -0.2) is 49.3 Å². The van der Waals surface area contributed by atoms with Crippen molar-refractivity contribution in [3.05, 3.63) is 88.6 Å². The number of hydrogen-bond acceptors (Lipinski definition) is 2. The zero-order valence-electron chi connectivity index (χ0n) is 47.9. The summed E-state index contributed by atoms with van der Waals surface area (Å²) in [5, 5.41) is 68.9. The van der Waals surface area contributed by atoms with Crippen LogP contribution in [0.25, 0.3) is 63.8 Å². The number of rotatable bonds is 16. The van der Waals surface area contributed by atoms with Gasteiger partial charge in [-0.05, 0) is 47.8 Å². The van der Waals surface area contributed by atoms with E-state index in [-0.39, 0.29) is 99.7 Å². The van der Waals surface area contributed by atoms with E-state index in [0.29, 0.717) is 0 Å². The summed E-state index contributed by atoms with van der Waals surface area (Å²) in [5.74, 6) is 5.86. The molecule has 8 aliphatic rings. The quantitative estimate of drug-likeness (QED) is 0.109. The van der Waals surface area contributed by atoms with Gasteiger partial charge in [0.25, 0.3) is 0 Å². The molecule has 0 spiro atoms. The van der Waals surface area contributed by atoms with Gasteiger partial charge in [0, 0.05) is 50.3 Å². The van der Waals surface area contributed by atoms with Crippen molar-refractivity contribution in [2.24, 2.45) is 41.4 Å². The van der Waals surface area contributed by atoms with Crippen LogP contribution in [0.2, 0.25) is 0 Å². The van der Waals surface area contributed by atoms with Gasteiger partial charge in [0.15, 0.2) is 0 Å². The minimum Gasteiger partial charge on any atom is -0.693 e. The van der Waals surface area contributed by atoms with E-state index >= 15 is 0 Å². The fraction of sp³-hybridized carbons (Fsp3) is 0.931. The molecule has 15 atom stereocenters. The molecule has 14 nitrogen and oxygen atoms in total. The Morgan fingerprint density at radius 3 is 0.760 bits per heavy atom. The van der Waals surface area contributed by atoms with Crippen LogP contribution in [0.3, 0.4) is 0 Å². The molecular formula is C58H102Co3N14-14. The molecule has 8 rings (SSSR count). The molecule has 17 heteroatoms. The van der Waals surface area contributed by atoms with Crippen LogP contribution in [-0.2, 0) is 50.3 Å². The van der Waals surface area contributed by atoms with Crippen molar-refractivity contribution in [1.82, 2.24) is 0 Å². The third-order valence-corrected chi connectivity index (χ3v) is 16.9. The first-order chi connectivity index (χ1) is 35.3. The number of piperidine rings is 7. The van der Waals surface area contributed by atoms with E-state index in [2.05, 4.69) is 104 Å². The summed E-state index contributed by atoms with van der Waals surface area (Å²) in [7, 11) is 0. The van der Waals surface area contributed by atoms with Gasteiger partial charge in [-0.2, -0.15) is 0 Å². The van der Waals surface area contributed by atoms with Crippen molar-refractivity contribution in [2.75, 3.05) is 52.4 Å². The summed E-state index contributed by atoms with van der Waals surface area (Å²) in [5.41, 5.74) is 1.51. The van der Waals surface area contributed by atoms with Gasteiger partial charge < -0.3 is 87.5 Å². The van der Waals surface area contributed by atoms with E-state index in [1.54, 1.807) is 0 Å². The van der Waals surface area contributed by atoms with Gasteiger partial charge in [-0.1, -0.05) is 202 Å². The summed E-state index contributed by atoms with van der Waals surface area (Å²) in [6, 6.07) is 0. The van der Waals surface area contributed by atoms with Gasteiger partial charge in [-0.3, -0.25) is 0 Å². The molecule has 3 radical (unpaired) electrons. The van der Waals surface area contributed by atoms with Crippen molar-refractivity contribution in [1.29, 1.82) is 10.5 Å². The average molecular weight is 1170 g/mol. The average Bonchev–Trinajstić information content (AvgIpc) is 3.45. The molecule has 8 aliphatic heterocycles. The first kappa shape index (κ1) is 74.8. The SMILES string of the molecule is CCC1=CC([N-]C2CC(CC)CC[N-]2)[N-]CC1.CCC1CC[N-]C([N-]C2CC(CC)CC[N-]2)C1.CCC1CC[N-]C([N-]C2CC(CC)CC[N-]2)C1.CCC1CC[N-]C([N-]C2CC(CC)CC[N-]2)C1.[C-]#N.[C-]#N.[Co].[Co].[Co]. The second kappa shape index (κ2) is 46.4. The largest absolute Gasteiger partial charge is 0.693 e. The smallest absolute Gasteiger partial charge is 0 e. The molecule has 8 heterocycles. The van der Waals surface area contributed by atoms with Crippen LogP contribution >= 0.6 is 0 Å². The Hall–Kier alpha value is -0.241. The third kappa shape index (κ3) is 30.4. The number of hydrogen-bond donors (Lipinski definition) is 0. The minimum atomic E-state index is 0. The van der Waals surface area contributed by atoms with Crippen molar-refractivity contribution in [3.8, 4) is 0 Å². The Morgan fingerprint density at radius 2 is 0.560 bits per heavy atom. The van der Waals surface area contributed by atoms with Crippen LogP contribution < -0.4 is 0 Å². The van der Waals surface area contributed by atoms with Crippen LogP contribution in [-0.4, -0.2) is 102 Å². The normalized spacial score (nSPS) is 34.5. The van der Waals surface area contributed by atoms with E-state index < -0.39 is 0 Å². The predicted octanol–water partition coefficient (Wildman–Crippen LogP) is 17.7. The van der Waals surface area contributed by atoms with Crippen LogP contribution in [0.5, 0.6) is 0 Å². The maximum absolute atomic E-state index is 6.25. The van der Waals surface area contributed by atoms with E-state index in [4.69, 9.17) is 44.9 Å². The Labute approximate surface area is 492 Å². The summed E-state index contributed by atoms with van der Waals surface area (Å²) in [6.45, 7) is 35.7. The fourth-order valence-corrected chi connectivity index (χ4v) is 11.5. The molecule has 0 bridgehead atoms. The second-order valence-electron chi connectivity index (χ2n) is 21.6. The molecule has 0 amide bonds. The maximum atomic E-state index is 6.25. The molecule has 0 N–H and O–H groups in total. The summed E-state index contributed by atoms with van der Waals surface area (Å²) in [6.07, 6.45) is 32.2. The summed E-state index contributed by atoms with van der Waals surface area (Å²) in [4.78, 5) is 0. The van der Waals surface area contributed by atoms with Crippen molar-refractivity contribution >= 4 is 0 Å². The molecule has 0 saturated carbocycles. The maximum Gasteiger partial charge on any atom is 0 e. The topological polar surface area (TPSA) is 217 Å². The van der Waals surface area contributed by atoms with Crippen LogP contribution in [0.1, 0.15) is 203 Å². The Kier molecular flexibility index (Phi) is 46.2. The van der Waals surface area contributed by atoms with Gasteiger partial charge in [0.1, 0.15) is 0 Å². The van der Waals surface area contributed by atoms with Gasteiger partial charge in [0.2, 0.25) is 0 Å². The van der Waals surface area contributed by atoms with Crippen molar-refractivity contribution in [2.45, 2.75) is 252 Å². The van der Waals surface area contributed by atoms with Gasteiger partial charge in [0.05, 0.1) is 0 Å². The Morgan fingerprint density at radius 1 is 0.347 bits per heavy atom. The van der Waals surface area contributed by atoms with E-state index in [0.717, 1.165) is 113 Å². The van der Waals surface area contributed by atoms with Gasteiger partial charge >= 0.3 is 0 Å².